The van der Waals surface area contributed by atoms with Crippen LogP contribution in [0.1, 0.15) is 0 Å². The molecule has 0 unspecified atom stereocenters. The van der Waals surface area contributed by atoms with E-state index in [1.54, 1.807) is 47.2 Å². The van der Waals surface area contributed by atoms with Gasteiger partial charge < -0.3 is 23.9 Å². The minimum atomic E-state index is -0.525. The third kappa shape index (κ3) is 4.25. The number of para-hydroxylation sites is 2. The molecule has 9 heteroatoms. The van der Waals surface area contributed by atoms with Gasteiger partial charge in [0.1, 0.15) is 18.0 Å². The Balaban J connectivity index is 1.52. The van der Waals surface area contributed by atoms with E-state index in [1.165, 1.54) is 26.4 Å². The third-order valence-corrected chi connectivity index (χ3v) is 4.58. The van der Waals surface area contributed by atoms with Gasteiger partial charge in [-0.15, -0.1) is 0 Å². The lowest BCUT2D eigenvalue weighted by Crippen LogP contribution is -2.19. The van der Waals surface area contributed by atoms with Gasteiger partial charge in [-0.05, 0) is 42.5 Å². The van der Waals surface area contributed by atoms with Crippen molar-refractivity contribution in [1.82, 2.24) is 14.7 Å². The first-order chi connectivity index (χ1) is 15.1. The van der Waals surface area contributed by atoms with E-state index < -0.39 is 5.82 Å². The molecule has 4 rings (SSSR count). The molecule has 8 nitrogen and oxygen atoms in total. The number of amides is 1. The van der Waals surface area contributed by atoms with Crippen molar-refractivity contribution in [3.05, 3.63) is 66.6 Å². The average Bonchev–Trinajstić information content (AvgIpc) is 3.43. The molecule has 0 saturated heterocycles. The average molecular weight is 422 g/mol. The second-order valence-corrected chi connectivity index (χ2v) is 6.54. The van der Waals surface area contributed by atoms with Gasteiger partial charge in [-0.1, -0.05) is 17.3 Å². The van der Waals surface area contributed by atoms with Crippen LogP contribution in [0.15, 0.2) is 65.3 Å². The van der Waals surface area contributed by atoms with Crippen molar-refractivity contribution in [3.63, 3.8) is 0 Å². The van der Waals surface area contributed by atoms with Crippen LogP contribution in [-0.4, -0.2) is 34.8 Å². The minimum Gasteiger partial charge on any atom is -0.495 e. The van der Waals surface area contributed by atoms with Crippen molar-refractivity contribution in [2.45, 2.75) is 6.54 Å². The lowest BCUT2D eigenvalue weighted by molar-refractivity contribution is -0.116. The van der Waals surface area contributed by atoms with Crippen molar-refractivity contribution in [1.29, 1.82) is 0 Å². The predicted octanol–water partition coefficient (Wildman–Crippen LogP) is 4.00. The van der Waals surface area contributed by atoms with Crippen molar-refractivity contribution >= 4 is 11.6 Å². The van der Waals surface area contributed by atoms with Gasteiger partial charge in [-0.2, -0.15) is 4.98 Å². The van der Waals surface area contributed by atoms with Crippen LogP contribution < -0.4 is 14.8 Å². The van der Waals surface area contributed by atoms with Gasteiger partial charge in [0, 0.05) is 11.8 Å². The van der Waals surface area contributed by atoms with Crippen LogP contribution >= 0.6 is 0 Å². The summed E-state index contributed by atoms with van der Waals surface area (Å²) < 4.78 is 31.2. The number of halogens is 1. The lowest BCUT2D eigenvalue weighted by atomic mass is 10.2. The molecule has 1 N–H and O–H groups in total. The number of nitrogens with one attached hydrogen (secondary N) is 1. The summed E-state index contributed by atoms with van der Waals surface area (Å²) in [4.78, 5) is 16.9. The summed E-state index contributed by atoms with van der Waals surface area (Å²) in [5.74, 6) is 0.352. The van der Waals surface area contributed by atoms with E-state index in [1.807, 2.05) is 6.07 Å². The molecule has 0 radical (unpaired) electrons. The predicted molar refractivity (Wildman–Crippen MR) is 111 cm³/mol. The molecule has 0 aliphatic carbocycles. The fourth-order valence-electron chi connectivity index (χ4n) is 3.09. The van der Waals surface area contributed by atoms with E-state index in [4.69, 9.17) is 14.0 Å². The van der Waals surface area contributed by atoms with Crippen LogP contribution in [-0.2, 0) is 11.3 Å². The van der Waals surface area contributed by atoms with Gasteiger partial charge in [0.15, 0.2) is 11.6 Å². The first kappa shape index (κ1) is 20.1. The standard InChI is InChI=1S/C22H19FN4O4/c1-29-18-10-9-14(12-15(18)23)21-25-22(31-26-21)17-7-5-11-27(17)13-20(28)24-16-6-3-4-8-19(16)30-2/h3-12H,13H2,1-2H3,(H,24,28). The molecular weight excluding hydrogens is 403 g/mol. The van der Waals surface area contributed by atoms with Gasteiger partial charge in [0.25, 0.3) is 5.89 Å². The second kappa shape index (κ2) is 8.70. The molecule has 0 aliphatic rings. The molecule has 0 saturated carbocycles. The summed E-state index contributed by atoms with van der Waals surface area (Å²) in [7, 11) is 2.93. The summed E-state index contributed by atoms with van der Waals surface area (Å²) in [6.45, 7) is 0.0231. The molecule has 0 bridgehead atoms. The number of aromatic nitrogens is 3. The number of ether oxygens (including phenoxy) is 2. The topological polar surface area (TPSA) is 91.4 Å². The van der Waals surface area contributed by atoms with E-state index in [0.717, 1.165) is 0 Å². The van der Waals surface area contributed by atoms with Crippen molar-refractivity contribution in [3.8, 4) is 34.5 Å². The quantitative estimate of drug-likeness (QED) is 0.484. The maximum Gasteiger partial charge on any atom is 0.274 e. The fraction of sp³-hybridized carbons (Fsp3) is 0.136. The first-order valence-electron chi connectivity index (χ1n) is 9.35. The lowest BCUT2D eigenvalue weighted by Gasteiger charge is -2.11. The van der Waals surface area contributed by atoms with E-state index in [0.29, 0.717) is 22.7 Å². The highest BCUT2D eigenvalue weighted by Gasteiger charge is 2.17. The Hall–Kier alpha value is -4.14. The van der Waals surface area contributed by atoms with Crippen molar-refractivity contribution in [2.75, 3.05) is 19.5 Å². The minimum absolute atomic E-state index is 0.0231. The zero-order valence-corrected chi connectivity index (χ0v) is 16.8. The molecule has 2 aromatic carbocycles. The molecule has 158 valence electrons. The van der Waals surface area contributed by atoms with Crippen LogP contribution in [0.3, 0.4) is 0 Å². The summed E-state index contributed by atoms with van der Waals surface area (Å²) in [5, 5.41) is 6.75. The Morgan fingerprint density at radius 1 is 1.10 bits per heavy atom. The zero-order valence-electron chi connectivity index (χ0n) is 16.8. The summed E-state index contributed by atoms with van der Waals surface area (Å²) in [5.41, 5.74) is 1.58. The van der Waals surface area contributed by atoms with Gasteiger partial charge in [0.2, 0.25) is 11.7 Å². The van der Waals surface area contributed by atoms with Crippen LogP contribution in [0.5, 0.6) is 11.5 Å². The zero-order chi connectivity index (χ0) is 21.8. The third-order valence-electron chi connectivity index (χ3n) is 4.58. The molecule has 2 aromatic heterocycles. The second-order valence-electron chi connectivity index (χ2n) is 6.54. The molecule has 1 amide bonds. The number of nitrogens with zero attached hydrogens (tertiary/aromatic N) is 3. The van der Waals surface area contributed by atoms with E-state index in [9.17, 15) is 9.18 Å². The Morgan fingerprint density at radius 3 is 2.68 bits per heavy atom. The van der Waals surface area contributed by atoms with E-state index in [-0.39, 0.29) is 29.9 Å². The summed E-state index contributed by atoms with van der Waals surface area (Å²) >= 11 is 0. The Bertz CT molecular complexity index is 1220. The number of hydrogen-bond donors (Lipinski definition) is 1. The highest BCUT2D eigenvalue weighted by Crippen LogP contribution is 2.27. The monoisotopic (exact) mass is 422 g/mol. The Morgan fingerprint density at radius 2 is 1.90 bits per heavy atom. The van der Waals surface area contributed by atoms with Gasteiger partial charge in [-0.3, -0.25) is 4.79 Å². The Kier molecular flexibility index (Phi) is 5.65. The maximum atomic E-state index is 14.0. The number of carbonyl (C=O) groups excluding carboxylic acids is 1. The summed E-state index contributed by atoms with van der Waals surface area (Å²) in [6.07, 6.45) is 1.73. The fourth-order valence-corrected chi connectivity index (χ4v) is 3.09. The van der Waals surface area contributed by atoms with Crippen molar-refractivity contribution < 1.29 is 23.2 Å². The number of methoxy groups -OCH3 is 2. The molecule has 31 heavy (non-hydrogen) atoms. The smallest absolute Gasteiger partial charge is 0.274 e. The van der Waals surface area contributed by atoms with Crippen molar-refractivity contribution in [2.24, 2.45) is 0 Å². The molecular formula is C22H19FN4O4. The summed E-state index contributed by atoms with van der Waals surface area (Å²) in [6, 6.07) is 15.1. The highest BCUT2D eigenvalue weighted by atomic mass is 19.1. The number of hydrogen-bond acceptors (Lipinski definition) is 6. The molecule has 2 heterocycles. The van der Waals surface area contributed by atoms with E-state index >= 15 is 0 Å². The molecule has 0 atom stereocenters. The molecule has 0 aliphatic heterocycles. The Labute approximate surface area is 177 Å². The number of anilines is 1. The molecule has 0 fully saturated rings. The number of rotatable bonds is 7. The maximum absolute atomic E-state index is 14.0. The largest absolute Gasteiger partial charge is 0.495 e. The van der Waals surface area contributed by atoms with Crippen LogP contribution in [0.25, 0.3) is 23.0 Å². The highest BCUT2D eigenvalue weighted by molar-refractivity contribution is 5.92. The normalized spacial score (nSPS) is 10.7. The van der Waals surface area contributed by atoms with Crippen LogP contribution in [0.2, 0.25) is 0 Å². The van der Waals surface area contributed by atoms with Gasteiger partial charge in [0.05, 0.1) is 19.9 Å². The number of carbonyl (C=O) groups is 1. The molecule has 0 spiro atoms. The number of benzene rings is 2. The van der Waals surface area contributed by atoms with Gasteiger partial charge >= 0.3 is 0 Å². The van der Waals surface area contributed by atoms with Crippen LogP contribution in [0, 0.1) is 5.82 Å². The van der Waals surface area contributed by atoms with E-state index in [2.05, 4.69) is 15.5 Å². The van der Waals surface area contributed by atoms with Gasteiger partial charge in [-0.25, -0.2) is 4.39 Å². The molecule has 4 aromatic rings. The first-order valence-corrected chi connectivity index (χ1v) is 9.35. The van der Waals surface area contributed by atoms with Crippen LogP contribution in [0.4, 0.5) is 10.1 Å². The SMILES string of the molecule is COc1ccc(-c2noc(-c3cccn3CC(=O)Nc3ccccc3OC)n2)cc1F.